The van der Waals surface area contributed by atoms with E-state index >= 15 is 0 Å². The average Bonchev–Trinajstić information content (AvgIpc) is 1.95. The Balaban J connectivity index is 0. The zero-order valence-corrected chi connectivity index (χ0v) is 11.4. The minimum atomic E-state index is -4.18. The molecule has 0 N–H and O–H groups in total. The second-order valence-corrected chi connectivity index (χ2v) is 3.95. The Hall–Kier alpha value is 0.650. The molecule has 13 heavy (non-hydrogen) atoms. The van der Waals surface area contributed by atoms with Crippen LogP contribution in [0.4, 0.5) is 0 Å². The standard InChI is InChI=1S/C8H16O3S.Na/c1-3-5-6-8(4-2)7-12(9,10)11;/h7H,3-6H2,1-2H3,(H,9,10,11);/q;+1/p-1. The summed E-state index contributed by atoms with van der Waals surface area (Å²) in [5.74, 6) is 0. The third-order valence-electron chi connectivity index (χ3n) is 1.62. The molecule has 0 amide bonds. The van der Waals surface area contributed by atoms with E-state index in [9.17, 15) is 13.0 Å². The van der Waals surface area contributed by atoms with Crippen LogP contribution in [0.2, 0.25) is 0 Å². The molecule has 0 aromatic carbocycles. The summed E-state index contributed by atoms with van der Waals surface area (Å²) in [6.07, 6.45) is 3.31. The molecule has 0 aliphatic heterocycles. The fraction of sp³-hybridized carbons (Fsp3) is 0.750. The van der Waals surface area contributed by atoms with Crippen molar-refractivity contribution in [2.24, 2.45) is 0 Å². The summed E-state index contributed by atoms with van der Waals surface area (Å²) < 4.78 is 31.0. The molecule has 0 fully saturated rings. The first-order valence-corrected chi connectivity index (χ1v) is 5.62. The number of rotatable bonds is 5. The van der Waals surface area contributed by atoms with Crippen molar-refractivity contribution in [3.8, 4) is 0 Å². The molecule has 0 aromatic rings. The summed E-state index contributed by atoms with van der Waals surface area (Å²) in [6.45, 7) is 3.88. The van der Waals surface area contributed by atoms with Gasteiger partial charge in [-0.3, -0.25) is 0 Å². The van der Waals surface area contributed by atoms with Gasteiger partial charge in [0.1, 0.15) is 10.1 Å². The Bertz CT molecular complexity index is 244. The van der Waals surface area contributed by atoms with Crippen LogP contribution in [0.1, 0.15) is 39.5 Å². The number of hydrogen-bond donors (Lipinski definition) is 0. The van der Waals surface area contributed by atoms with Crippen LogP contribution in [0.15, 0.2) is 11.0 Å². The van der Waals surface area contributed by atoms with Crippen LogP contribution in [0.3, 0.4) is 0 Å². The summed E-state index contributed by atoms with van der Waals surface area (Å²) in [6, 6.07) is 0. The molecule has 0 aliphatic rings. The van der Waals surface area contributed by atoms with Crippen molar-refractivity contribution in [1.82, 2.24) is 0 Å². The zero-order chi connectivity index (χ0) is 9.61. The van der Waals surface area contributed by atoms with Gasteiger partial charge >= 0.3 is 29.6 Å². The monoisotopic (exact) mass is 214 g/mol. The quantitative estimate of drug-likeness (QED) is 0.436. The number of unbranched alkanes of at least 4 members (excludes halogenated alkanes) is 1. The maximum atomic E-state index is 10.3. The Kier molecular flexibility index (Phi) is 9.90. The first-order valence-electron chi connectivity index (χ1n) is 4.15. The Morgan fingerprint density at radius 1 is 1.38 bits per heavy atom. The third-order valence-corrected chi connectivity index (χ3v) is 2.24. The van der Waals surface area contributed by atoms with Gasteiger partial charge in [0.05, 0.1) is 0 Å². The molecule has 0 saturated heterocycles. The van der Waals surface area contributed by atoms with Crippen LogP contribution in [-0.2, 0) is 10.1 Å². The maximum Gasteiger partial charge on any atom is 1.00 e. The largest absolute Gasteiger partial charge is 1.00 e. The van der Waals surface area contributed by atoms with Crippen LogP contribution in [0.5, 0.6) is 0 Å². The molecule has 0 heterocycles. The normalized spacial score (nSPS) is 12.4. The fourth-order valence-electron chi connectivity index (χ4n) is 0.927. The smallest absolute Gasteiger partial charge is 0.744 e. The Labute approximate surface area is 103 Å². The van der Waals surface area contributed by atoms with E-state index in [4.69, 9.17) is 0 Å². The van der Waals surface area contributed by atoms with E-state index in [0.29, 0.717) is 12.8 Å². The number of hydrogen-bond acceptors (Lipinski definition) is 3. The predicted octanol–water partition coefficient (Wildman–Crippen LogP) is -0.980. The molecule has 5 heteroatoms. The summed E-state index contributed by atoms with van der Waals surface area (Å²) in [5.41, 5.74) is 0.729. The Morgan fingerprint density at radius 3 is 2.23 bits per heavy atom. The van der Waals surface area contributed by atoms with E-state index in [1.54, 1.807) is 0 Å². The zero-order valence-electron chi connectivity index (χ0n) is 8.54. The summed E-state index contributed by atoms with van der Waals surface area (Å²) in [5, 5.41) is 0.850. The Morgan fingerprint density at radius 2 is 1.92 bits per heavy atom. The van der Waals surface area contributed by atoms with E-state index in [1.807, 2.05) is 13.8 Å². The van der Waals surface area contributed by atoms with E-state index < -0.39 is 10.1 Å². The van der Waals surface area contributed by atoms with E-state index in [-0.39, 0.29) is 29.6 Å². The number of allylic oxidation sites excluding steroid dienone is 1. The van der Waals surface area contributed by atoms with Crippen molar-refractivity contribution in [3.05, 3.63) is 11.0 Å². The second-order valence-electron chi connectivity index (χ2n) is 2.73. The molecular formula is C8H15NaO3S. The van der Waals surface area contributed by atoms with Crippen molar-refractivity contribution >= 4 is 10.1 Å². The molecule has 3 nitrogen and oxygen atoms in total. The third kappa shape index (κ3) is 10.6. The molecule has 0 rings (SSSR count). The van der Waals surface area contributed by atoms with Crippen molar-refractivity contribution < 1.29 is 42.5 Å². The van der Waals surface area contributed by atoms with Gasteiger partial charge in [0.15, 0.2) is 0 Å². The van der Waals surface area contributed by atoms with Gasteiger partial charge in [0.25, 0.3) is 0 Å². The van der Waals surface area contributed by atoms with Gasteiger partial charge in [-0.2, -0.15) is 0 Å². The molecule has 0 spiro atoms. The predicted molar refractivity (Wildman–Crippen MR) is 47.6 cm³/mol. The van der Waals surface area contributed by atoms with E-state index in [2.05, 4.69) is 0 Å². The van der Waals surface area contributed by atoms with Crippen LogP contribution in [-0.4, -0.2) is 13.0 Å². The molecule has 72 valence electrons. The molecular weight excluding hydrogens is 199 g/mol. The van der Waals surface area contributed by atoms with Crippen LogP contribution >= 0.6 is 0 Å². The van der Waals surface area contributed by atoms with E-state index in [0.717, 1.165) is 23.8 Å². The van der Waals surface area contributed by atoms with Crippen molar-refractivity contribution in [3.63, 3.8) is 0 Å². The first kappa shape index (κ1) is 16.1. The minimum absolute atomic E-state index is 0. The maximum absolute atomic E-state index is 10.3. The summed E-state index contributed by atoms with van der Waals surface area (Å²) >= 11 is 0. The van der Waals surface area contributed by atoms with Gasteiger partial charge in [-0.15, -0.1) is 0 Å². The topological polar surface area (TPSA) is 57.2 Å². The molecule has 0 aliphatic carbocycles. The average molecular weight is 214 g/mol. The molecule has 0 unspecified atom stereocenters. The SMILES string of the molecule is CCCCC(=CS(=O)(=O)[O-])CC.[Na+]. The fourth-order valence-corrected chi connectivity index (χ4v) is 1.62. The molecule has 0 atom stereocenters. The van der Waals surface area contributed by atoms with Crippen LogP contribution in [0, 0.1) is 0 Å². The minimum Gasteiger partial charge on any atom is -0.744 e. The second kappa shape index (κ2) is 8.00. The van der Waals surface area contributed by atoms with Crippen LogP contribution in [0.25, 0.3) is 0 Å². The van der Waals surface area contributed by atoms with Crippen LogP contribution < -0.4 is 29.6 Å². The molecule has 0 radical (unpaired) electrons. The van der Waals surface area contributed by atoms with Gasteiger partial charge in [-0.05, 0) is 19.3 Å². The van der Waals surface area contributed by atoms with Gasteiger partial charge in [-0.1, -0.05) is 25.8 Å². The van der Waals surface area contributed by atoms with Crippen molar-refractivity contribution in [2.75, 3.05) is 0 Å². The first-order chi connectivity index (χ1) is 5.49. The molecule has 0 aromatic heterocycles. The van der Waals surface area contributed by atoms with E-state index in [1.165, 1.54) is 0 Å². The van der Waals surface area contributed by atoms with Gasteiger partial charge in [-0.25, -0.2) is 8.42 Å². The molecule has 0 saturated carbocycles. The van der Waals surface area contributed by atoms with Gasteiger partial charge < -0.3 is 4.55 Å². The van der Waals surface area contributed by atoms with Gasteiger partial charge in [0.2, 0.25) is 0 Å². The van der Waals surface area contributed by atoms with Crippen molar-refractivity contribution in [1.29, 1.82) is 0 Å². The molecule has 0 bridgehead atoms. The summed E-state index contributed by atoms with van der Waals surface area (Å²) in [4.78, 5) is 0. The van der Waals surface area contributed by atoms with Gasteiger partial charge in [0, 0.05) is 5.41 Å². The van der Waals surface area contributed by atoms with Crippen molar-refractivity contribution in [2.45, 2.75) is 39.5 Å². The summed E-state index contributed by atoms with van der Waals surface area (Å²) in [7, 11) is -4.18.